The molecule has 1 aromatic carbocycles. The number of hydrogen-bond donors (Lipinski definition) is 0. The highest BCUT2D eigenvalue weighted by atomic mass is 16.5. The fourth-order valence-corrected chi connectivity index (χ4v) is 1.48. The maximum absolute atomic E-state index is 11.2. The Labute approximate surface area is 96.9 Å². The first-order valence-electron chi connectivity index (χ1n) is 5.61. The van der Waals surface area contributed by atoms with Crippen molar-refractivity contribution in [1.82, 2.24) is 0 Å². The minimum Gasteiger partial charge on any atom is -0.423 e. The molecule has 0 heterocycles. The third kappa shape index (κ3) is 3.54. The van der Waals surface area contributed by atoms with Crippen LogP contribution in [-0.2, 0) is 11.2 Å². The van der Waals surface area contributed by atoms with Gasteiger partial charge in [0, 0.05) is 6.08 Å². The molecule has 0 N–H and O–H groups in total. The van der Waals surface area contributed by atoms with E-state index in [9.17, 15) is 4.79 Å². The molecule has 0 spiro atoms. The van der Waals surface area contributed by atoms with E-state index in [1.807, 2.05) is 25.1 Å². The number of esters is 1. The highest BCUT2D eigenvalue weighted by molar-refractivity contribution is 5.83. The van der Waals surface area contributed by atoms with Crippen LogP contribution in [0.2, 0.25) is 0 Å². The SMILES string of the molecule is C=CC(=O)Oc1cc(C)ccc1CCCC. The number of ether oxygens (including phenoxy) is 1. The van der Waals surface area contributed by atoms with Crippen molar-refractivity contribution < 1.29 is 9.53 Å². The minimum absolute atomic E-state index is 0.400. The van der Waals surface area contributed by atoms with Gasteiger partial charge in [-0.25, -0.2) is 4.79 Å². The van der Waals surface area contributed by atoms with E-state index < -0.39 is 5.97 Å². The third-order valence-corrected chi connectivity index (χ3v) is 2.40. The van der Waals surface area contributed by atoms with Crippen LogP contribution in [0, 0.1) is 6.92 Å². The largest absolute Gasteiger partial charge is 0.423 e. The molecule has 1 aromatic rings. The number of carbonyl (C=O) groups excluding carboxylic acids is 1. The molecule has 16 heavy (non-hydrogen) atoms. The predicted molar refractivity (Wildman–Crippen MR) is 65.6 cm³/mol. The lowest BCUT2D eigenvalue weighted by Gasteiger charge is -2.09. The summed E-state index contributed by atoms with van der Waals surface area (Å²) in [5.41, 5.74) is 2.18. The van der Waals surface area contributed by atoms with Gasteiger partial charge < -0.3 is 4.74 Å². The van der Waals surface area contributed by atoms with E-state index in [0.717, 1.165) is 30.4 Å². The molecule has 0 fully saturated rings. The molecular weight excluding hydrogens is 200 g/mol. The van der Waals surface area contributed by atoms with Crippen LogP contribution in [0.3, 0.4) is 0 Å². The number of rotatable bonds is 5. The molecule has 0 amide bonds. The van der Waals surface area contributed by atoms with Gasteiger partial charge in [0.1, 0.15) is 5.75 Å². The van der Waals surface area contributed by atoms with Gasteiger partial charge in [0.05, 0.1) is 0 Å². The van der Waals surface area contributed by atoms with E-state index in [4.69, 9.17) is 4.74 Å². The van der Waals surface area contributed by atoms with Crippen molar-refractivity contribution in [2.45, 2.75) is 33.1 Å². The molecule has 0 saturated carbocycles. The van der Waals surface area contributed by atoms with Gasteiger partial charge in [-0.15, -0.1) is 0 Å². The molecule has 0 aliphatic rings. The van der Waals surface area contributed by atoms with E-state index >= 15 is 0 Å². The fourth-order valence-electron chi connectivity index (χ4n) is 1.48. The zero-order chi connectivity index (χ0) is 12.0. The van der Waals surface area contributed by atoms with Crippen molar-refractivity contribution in [1.29, 1.82) is 0 Å². The highest BCUT2D eigenvalue weighted by Crippen LogP contribution is 2.22. The normalized spacial score (nSPS) is 9.88. The maximum Gasteiger partial charge on any atom is 0.335 e. The molecular formula is C14H18O2. The summed E-state index contributed by atoms with van der Waals surface area (Å²) in [6.07, 6.45) is 4.35. The standard InChI is InChI=1S/C14H18O2/c1-4-6-7-12-9-8-11(3)10-13(12)16-14(15)5-2/h5,8-10H,2,4,6-7H2,1,3H3. The predicted octanol–water partition coefficient (Wildman–Crippen LogP) is 3.43. The van der Waals surface area contributed by atoms with Crippen LogP contribution in [0.1, 0.15) is 30.9 Å². The zero-order valence-corrected chi connectivity index (χ0v) is 9.95. The van der Waals surface area contributed by atoms with Crippen molar-refractivity contribution in [2.75, 3.05) is 0 Å². The van der Waals surface area contributed by atoms with Gasteiger partial charge in [-0.2, -0.15) is 0 Å². The lowest BCUT2D eigenvalue weighted by Crippen LogP contribution is -2.05. The van der Waals surface area contributed by atoms with E-state index in [2.05, 4.69) is 13.5 Å². The summed E-state index contributed by atoms with van der Waals surface area (Å²) in [6.45, 7) is 7.52. The minimum atomic E-state index is -0.400. The van der Waals surface area contributed by atoms with E-state index in [-0.39, 0.29) is 0 Å². The Kier molecular flexibility index (Phi) is 4.77. The van der Waals surface area contributed by atoms with Crippen LogP contribution in [0.4, 0.5) is 0 Å². The van der Waals surface area contributed by atoms with Gasteiger partial charge >= 0.3 is 5.97 Å². The van der Waals surface area contributed by atoms with Crippen molar-refractivity contribution in [3.05, 3.63) is 42.0 Å². The van der Waals surface area contributed by atoms with Crippen LogP contribution in [0.5, 0.6) is 5.75 Å². The Balaban J connectivity index is 2.88. The third-order valence-electron chi connectivity index (χ3n) is 2.40. The lowest BCUT2D eigenvalue weighted by molar-refractivity contribution is -0.129. The Morgan fingerprint density at radius 1 is 1.50 bits per heavy atom. The van der Waals surface area contributed by atoms with Gasteiger partial charge in [0.15, 0.2) is 0 Å². The van der Waals surface area contributed by atoms with E-state index in [1.54, 1.807) is 0 Å². The summed E-state index contributed by atoms with van der Waals surface area (Å²) < 4.78 is 5.22. The topological polar surface area (TPSA) is 26.3 Å². The summed E-state index contributed by atoms with van der Waals surface area (Å²) in [7, 11) is 0. The van der Waals surface area contributed by atoms with Crippen LogP contribution in [-0.4, -0.2) is 5.97 Å². The monoisotopic (exact) mass is 218 g/mol. The van der Waals surface area contributed by atoms with Crippen LogP contribution < -0.4 is 4.74 Å². The molecule has 0 radical (unpaired) electrons. The Bertz CT molecular complexity index is 380. The first-order valence-corrected chi connectivity index (χ1v) is 5.61. The molecule has 2 nitrogen and oxygen atoms in total. The summed E-state index contributed by atoms with van der Waals surface area (Å²) in [5, 5.41) is 0. The molecule has 86 valence electrons. The Morgan fingerprint density at radius 2 is 2.25 bits per heavy atom. The number of unbranched alkanes of at least 4 members (excludes halogenated alkanes) is 1. The van der Waals surface area contributed by atoms with Crippen LogP contribution in [0.25, 0.3) is 0 Å². The first-order chi connectivity index (χ1) is 7.67. The van der Waals surface area contributed by atoms with Gasteiger partial charge in [-0.05, 0) is 37.0 Å². The molecule has 0 aliphatic carbocycles. The van der Waals surface area contributed by atoms with Crippen molar-refractivity contribution >= 4 is 5.97 Å². The summed E-state index contributed by atoms with van der Waals surface area (Å²) in [4.78, 5) is 11.2. The maximum atomic E-state index is 11.2. The Hall–Kier alpha value is -1.57. The fraction of sp³-hybridized carbons (Fsp3) is 0.357. The second-order valence-corrected chi connectivity index (χ2v) is 3.84. The number of carbonyl (C=O) groups is 1. The average molecular weight is 218 g/mol. The second-order valence-electron chi connectivity index (χ2n) is 3.84. The molecule has 0 aliphatic heterocycles. The van der Waals surface area contributed by atoms with E-state index in [0.29, 0.717) is 5.75 Å². The molecule has 1 rings (SSSR count). The van der Waals surface area contributed by atoms with Crippen molar-refractivity contribution in [3.8, 4) is 5.75 Å². The molecule has 0 aromatic heterocycles. The van der Waals surface area contributed by atoms with Crippen LogP contribution in [0.15, 0.2) is 30.9 Å². The Morgan fingerprint density at radius 3 is 2.88 bits per heavy atom. The number of hydrogen-bond acceptors (Lipinski definition) is 2. The van der Waals surface area contributed by atoms with Crippen molar-refractivity contribution in [3.63, 3.8) is 0 Å². The van der Waals surface area contributed by atoms with Crippen LogP contribution >= 0.6 is 0 Å². The summed E-state index contributed by atoms with van der Waals surface area (Å²) in [5.74, 6) is 0.265. The first kappa shape index (κ1) is 12.5. The summed E-state index contributed by atoms with van der Waals surface area (Å²) >= 11 is 0. The van der Waals surface area contributed by atoms with Gasteiger partial charge in [-0.1, -0.05) is 32.1 Å². The molecule has 0 saturated heterocycles. The summed E-state index contributed by atoms with van der Waals surface area (Å²) in [6, 6.07) is 5.96. The van der Waals surface area contributed by atoms with Gasteiger partial charge in [0.25, 0.3) is 0 Å². The molecule has 2 heteroatoms. The lowest BCUT2D eigenvalue weighted by atomic mass is 10.1. The molecule has 0 bridgehead atoms. The van der Waals surface area contributed by atoms with Gasteiger partial charge in [0.2, 0.25) is 0 Å². The quantitative estimate of drug-likeness (QED) is 0.430. The number of benzene rings is 1. The molecule has 0 atom stereocenters. The molecule has 0 unspecified atom stereocenters. The van der Waals surface area contributed by atoms with Gasteiger partial charge in [-0.3, -0.25) is 0 Å². The van der Waals surface area contributed by atoms with Crippen molar-refractivity contribution in [2.24, 2.45) is 0 Å². The van der Waals surface area contributed by atoms with E-state index in [1.165, 1.54) is 6.08 Å². The average Bonchev–Trinajstić information content (AvgIpc) is 2.28. The second kappa shape index (κ2) is 6.11. The zero-order valence-electron chi connectivity index (χ0n) is 9.95. The number of aryl methyl sites for hydroxylation is 2. The highest BCUT2D eigenvalue weighted by Gasteiger charge is 2.06. The smallest absolute Gasteiger partial charge is 0.335 e.